The summed E-state index contributed by atoms with van der Waals surface area (Å²) < 4.78 is 5.28. The first kappa shape index (κ1) is 19.8. The fraction of sp³-hybridized carbons (Fsp3) is 0.429. The first-order valence-corrected chi connectivity index (χ1v) is 9.54. The Hall–Kier alpha value is -2.96. The SMILES string of the molecule is COc1nc(CN=Cc2c[nH]c3c(C)cccc23)nc(N(C(C)C)C(C)C)n1. The zero-order valence-corrected chi connectivity index (χ0v) is 17.4. The first-order valence-electron chi connectivity index (χ1n) is 9.54. The highest BCUT2D eigenvalue weighted by Gasteiger charge is 2.19. The molecule has 0 saturated carbocycles. The van der Waals surface area contributed by atoms with Gasteiger partial charge in [-0.15, -0.1) is 0 Å². The highest BCUT2D eigenvalue weighted by Crippen LogP contribution is 2.20. The molecular formula is C21H28N6O. The Morgan fingerprint density at radius 1 is 1.14 bits per heavy atom. The topological polar surface area (TPSA) is 79.3 Å². The molecule has 0 fully saturated rings. The third-order valence-corrected chi connectivity index (χ3v) is 4.59. The molecule has 0 saturated heterocycles. The Morgan fingerprint density at radius 2 is 1.89 bits per heavy atom. The Kier molecular flexibility index (Phi) is 5.92. The monoisotopic (exact) mass is 380 g/mol. The number of H-pyrrole nitrogens is 1. The van der Waals surface area contributed by atoms with Crippen molar-refractivity contribution in [3.63, 3.8) is 0 Å². The Labute approximate surface area is 165 Å². The standard InChI is InChI=1S/C21H28N6O/c1-13(2)27(14(3)4)20-24-18(25-21(26-20)28-6)12-22-10-16-11-23-19-15(5)8-7-9-17(16)19/h7-11,13-14,23H,12H2,1-6H3. The second-order valence-corrected chi connectivity index (χ2v) is 7.34. The molecule has 0 aliphatic rings. The van der Waals surface area contributed by atoms with Crippen molar-refractivity contribution in [1.29, 1.82) is 0 Å². The van der Waals surface area contributed by atoms with Crippen molar-refractivity contribution in [2.45, 2.75) is 53.2 Å². The van der Waals surface area contributed by atoms with Crippen LogP contribution in [0, 0.1) is 6.92 Å². The molecule has 0 bridgehead atoms. The third-order valence-electron chi connectivity index (χ3n) is 4.59. The van der Waals surface area contributed by atoms with Crippen molar-refractivity contribution < 1.29 is 4.74 Å². The second-order valence-electron chi connectivity index (χ2n) is 7.34. The van der Waals surface area contributed by atoms with E-state index >= 15 is 0 Å². The number of aliphatic imine (C=N–C) groups is 1. The van der Waals surface area contributed by atoms with Gasteiger partial charge in [0.25, 0.3) is 0 Å². The highest BCUT2D eigenvalue weighted by atomic mass is 16.5. The van der Waals surface area contributed by atoms with Gasteiger partial charge in [-0.3, -0.25) is 4.99 Å². The van der Waals surface area contributed by atoms with Gasteiger partial charge in [0.2, 0.25) is 5.95 Å². The van der Waals surface area contributed by atoms with Gasteiger partial charge in [-0.1, -0.05) is 18.2 Å². The molecule has 1 aromatic carbocycles. The van der Waals surface area contributed by atoms with Crippen molar-refractivity contribution in [2.75, 3.05) is 12.0 Å². The number of anilines is 1. The average molecular weight is 380 g/mol. The molecule has 3 rings (SSSR count). The molecule has 7 nitrogen and oxygen atoms in total. The molecule has 0 aliphatic heterocycles. The van der Waals surface area contributed by atoms with Crippen LogP contribution >= 0.6 is 0 Å². The molecular weight excluding hydrogens is 352 g/mol. The minimum Gasteiger partial charge on any atom is -0.467 e. The summed E-state index contributed by atoms with van der Waals surface area (Å²) in [5, 5.41) is 1.16. The summed E-state index contributed by atoms with van der Waals surface area (Å²) in [6.07, 6.45) is 3.83. The summed E-state index contributed by atoms with van der Waals surface area (Å²) in [6, 6.07) is 7.07. The van der Waals surface area contributed by atoms with Crippen molar-refractivity contribution in [2.24, 2.45) is 4.99 Å². The van der Waals surface area contributed by atoms with Gasteiger partial charge in [0.1, 0.15) is 0 Å². The van der Waals surface area contributed by atoms with Crippen LogP contribution in [0.1, 0.15) is 44.6 Å². The second kappa shape index (κ2) is 8.37. The summed E-state index contributed by atoms with van der Waals surface area (Å²) in [4.78, 5) is 23.4. The average Bonchev–Trinajstić information content (AvgIpc) is 3.05. The molecule has 0 radical (unpaired) electrons. The Morgan fingerprint density at radius 3 is 2.57 bits per heavy atom. The fourth-order valence-corrected chi connectivity index (χ4v) is 3.38. The number of fused-ring (bicyclic) bond motifs is 1. The lowest BCUT2D eigenvalue weighted by atomic mass is 10.1. The van der Waals surface area contributed by atoms with Crippen LogP contribution in [0.4, 0.5) is 5.95 Å². The molecule has 0 amide bonds. The largest absolute Gasteiger partial charge is 0.467 e. The number of methoxy groups -OCH3 is 1. The molecule has 148 valence electrons. The summed E-state index contributed by atoms with van der Waals surface area (Å²) in [5.74, 6) is 1.20. The predicted molar refractivity (Wildman–Crippen MR) is 113 cm³/mol. The van der Waals surface area contributed by atoms with Crippen molar-refractivity contribution >= 4 is 23.1 Å². The third kappa shape index (κ3) is 4.13. The molecule has 2 heterocycles. The molecule has 0 spiro atoms. The Balaban J connectivity index is 1.86. The predicted octanol–water partition coefficient (Wildman–Crippen LogP) is 3.91. The van der Waals surface area contributed by atoms with Crippen molar-refractivity contribution in [1.82, 2.24) is 19.9 Å². The number of benzene rings is 1. The maximum absolute atomic E-state index is 5.28. The molecule has 3 aromatic rings. The van der Waals surface area contributed by atoms with Crippen LogP contribution in [0.15, 0.2) is 29.4 Å². The molecule has 7 heteroatoms. The number of hydrogen-bond acceptors (Lipinski definition) is 6. The number of aromatic amines is 1. The van der Waals surface area contributed by atoms with Gasteiger partial charge < -0.3 is 14.6 Å². The molecule has 0 unspecified atom stereocenters. The maximum atomic E-state index is 5.28. The van der Waals surface area contributed by atoms with E-state index in [1.54, 1.807) is 7.11 Å². The number of nitrogens with one attached hydrogen (secondary N) is 1. The van der Waals surface area contributed by atoms with Crippen LogP contribution in [0.3, 0.4) is 0 Å². The zero-order chi connectivity index (χ0) is 20.3. The summed E-state index contributed by atoms with van der Waals surface area (Å²) in [5.41, 5.74) is 3.40. The van der Waals surface area contributed by atoms with E-state index in [4.69, 9.17) is 4.74 Å². The molecule has 28 heavy (non-hydrogen) atoms. The highest BCUT2D eigenvalue weighted by molar-refractivity contribution is 6.00. The molecule has 0 atom stereocenters. The first-order chi connectivity index (χ1) is 13.4. The van der Waals surface area contributed by atoms with E-state index in [1.165, 1.54) is 5.56 Å². The van der Waals surface area contributed by atoms with E-state index in [-0.39, 0.29) is 12.1 Å². The van der Waals surface area contributed by atoms with Crippen LogP contribution in [0.2, 0.25) is 0 Å². The van der Waals surface area contributed by atoms with Crippen LogP contribution < -0.4 is 9.64 Å². The van der Waals surface area contributed by atoms with Gasteiger partial charge in [-0.05, 0) is 40.2 Å². The minimum atomic E-state index is 0.262. The number of rotatable bonds is 7. The molecule has 1 N–H and O–H groups in total. The van der Waals surface area contributed by atoms with Crippen molar-refractivity contribution in [3.05, 3.63) is 41.3 Å². The van der Waals surface area contributed by atoms with Gasteiger partial charge in [0.15, 0.2) is 5.82 Å². The lowest BCUT2D eigenvalue weighted by Crippen LogP contribution is -2.38. The minimum absolute atomic E-state index is 0.262. The summed E-state index contributed by atoms with van der Waals surface area (Å²) >= 11 is 0. The van der Waals surface area contributed by atoms with Gasteiger partial charge >= 0.3 is 6.01 Å². The lowest BCUT2D eigenvalue weighted by Gasteiger charge is -2.30. The van der Waals surface area contributed by atoms with Crippen LogP contribution in [-0.4, -0.2) is 45.3 Å². The number of para-hydroxylation sites is 1. The number of nitrogens with zero attached hydrogens (tertiary/aromatic N) is 5. The number of aryl methyl sites for hydroxylation is 1. The number of ether oxygens (including phenoxy) is 1. The number of hydrogen-bond donors (Lipinski definition) is 1. The van der Waals surface area contributed by atoms with E-state index in [2.05, 4.69) is 82.6 Å². The quantitative estimate of drug-likeness (QED) is 0.629. The summed E-state index contributed by atoms with van der Waals surface area (Å²) in [6.45, 7) is 10.9. The van der Waals surface area contributed by atoms with Crippen LogP contribution in [-0.2, 0) is 6.54 Å². The summed E-state index contributed by atoms with van der Waals surface area (Å²) in [7, 11) is 1.57. The van der Waals surface area contributed by atoms with E-state index in [1.807, 2.05) is 12.4 Å². The smallest absolute Gasteiger partial charge is 0.321 e. The van der Waals surface area contributed by atoms with Crippen molar-refractivity contribution in [3.8, 4) is 6.01 Å². The van der Waals surface area contributed by atoms with E-state index in [9.17, 15) is 0 Å². The Bertz CT molecular complexity index is 968. The molecule has 0 aliphatic carbocycles. The van der Waals surface area contributed by atoms with Crippen LogP contribution in [0.25, 0.3) is 10.9 Å². The van der Waals surface area contributed by atoms with Gasteiger partial charge in [-0.25, -0.2) is 0 Å². The van der Waals surface area contributed by atoms with Gasteiger partial charge in [0, 0.05) is 41.0 Å². The normalized spacial score (nSPS) is 11.9. The van der Waals surface area contributed by atoms with E-state index in [0.29, 0.717) is 24.3 Å². The van der Waals surface area contributed by atoms with E-state index < -0.39 is 0 Å². The van der Waals surface area contributed by atoms with Gasteiger partial charge in [-0.2, -0.15) is 15.0 Å². The fourth-order valence-electron chi connectivity index (χ4n) is 3.38. The maximum Gasteiger partial charge on any atom is 0.321 e. The van der Waals surface area contributed by atoms with Gasteiger partial charge in [0.05, 0.1) is 13.7 Å². The van der Waals surface area contributed by atoms with Crippen LogP contribution in [0.5, 0.6) is 6.01 Å². The van der Waals surface area contributed by atoms with E-state index in [0.717, 1.165) is 16.5 Å². The zero-order valence-electron chi connectivity index (χ0n) is 17.4. The number of aromatic nitrogens is 4. The molecule has 2 aromatic heterocycles. The lowest BCUT2D eigenvalue weighted by molar-refractivity contribution is 0.374.